The van der Waals surface area contributed by atoms with Crippen LogP contribution >= 0.6 is 0 Å². The van der Waals surface area contributed by atoms with E-state index in [1.54, 1.807) is 12.1 Å². The van der Waals surface area contributed by atoms with Crippen molar-refractivity contribution in [1.82, 2.24) is 0 Å². The zero-order valence-electron chi connectivity index (χ0n) is 9.16. The summed E-state index contributed by atoms with van der Waals surface area (Å²) < 4.78 is 17.7. The molecule has 0 aliphatic carbocycles. The molecule has 2 atom stereocenters. The minimum absolute atomic E-state index is 0.0644. The molecule has 82 valence electrons. The molecule has 0 saturated heterocycles. The van der Waals surface area contributed by atoms with E-state index < -0.39 is 0 Å². The largest absolute Gasteiger partial charge is 0.462 e. The molecule has 15 heavy (non-hydrogen) atoms. The predicted octanol–water partition coefficient (Wildman–Crippen LogP) is 2.88. The first kappa shape index (κ1) is 11.7. The summed E-state index contributed by atoms with van der Waals surface area (Å²) >= 11 is 0. The lowest BCUT2D eigenvalue weighted by molar-refractivity contribution is -0.146. The molecule has 0 aliphatic rings. The standard InChI is InChI=1S/C12H15FO2/c1-8(9(2)15-10(3)14)11-4-6-12(13)7-5-11/h4-9H,1-3H3/t8-,9-/m1/s1. The van der Waals surface area contributed by atoms with E-state index in [4.69, 9.17) is 4.74 Å². The summed E-state index contributed by atoms with van der Waals surface area (Å²) in [6.45, 7) is 5.16. The predicted molar refractivity (Wildman–Crippen MR) is 56.0 cm³/mol. The van der Waals surface area contributed by atoms with Crippen molar-refractivity contribution >= 4 is 5.97 Å². The molecule has 3 heteroatoms. The highest BCUT2D eigenvalue weighted by atomic mass is 19.1. The minimum Gasteiger partial charge on any atom is -0.462 e. The van der Waals surface area contributed by atoms with Crippen LogP contribution in [0, 0.1) is 5.82 Å². The van der Waals surface area contributed by atoms with Gasteiger partial charge in [0.15, 0.2) is 0 Å². The summed E-state index contributed by atoms with van der Waals surface area (Å²) in [6, 6.07) is 6.23. The Labute approximate surface area is 89.1 Å². The van der Waals surface area contributed by atoms with Crippen molar-refractivity contribution < 1.29 is 13.9 Å². The molecule has 0 bridgehead atoms. The lowest BCUT2D eigenvalue weighted by Crippen LogP contribution is -2.19. The Morgan fingerprint density at radius 2 is 1.80 bits per heavy atom. The number of esters is 1. The van der Waals surface area contributed by atoms with Gasteiger partial charge >= 0.3 is 5.97 Å². The van der Waals surface area contributed by atoms with Gasteiger partial charge in [0.1, 0.15) is 11.9 Å². The molecule has 0 spiro atoms. The average molecular weight is 210 g/mol. The van der Waals surface area contributed by atoms with Gasteiger partial charge in [0.25, 0.3) is 0 Å². The van der Waals surface area contributed by atoms with Crippen LogP contribution in [0.4, 0.5) is 4.39 Å². The Kier molecular flexibility index (Phi) is 3.83. The minimum atomic E-state index is -0.295. The number of halogens is 1. The maximum absolute atomic E-state index is 12.7. The molecule has 0 heterocycles. The van der Waals surface area contributed by atoms with Crippen molar-refractivity contribution in [2.75, 3.05) is 0 Å². The Bertz CT molecular complexity index is 332. The molecular formula is C12H15FO2. The van der Waals surface area contributed by atoms with Gasteiger partial charge in [-0.25, -0.2) is 4.39 Å². The first-order valence-corrected chi connectivity index (χ1v) is 4.93. The molecule has 2 nitrogen and oxygen atoms in total. The van der Waals surface area contributed by atoms with Gasteiger partial charge in [0.2, 0.25) is 0 Å². The van der Waals surface area contributed by atoms with Crippen molar-refractivity contribution in [2.24, 2.45) is 0 Å². The van der Waals surface area contributed by atoms with Crippen LogP contribution in [0.3, 0.4) is 0 Å². The fourth-order valence-corrected chi connectivity index (χ4v) is 1.40. The summed E-state index contributed by atoms with van der Waals surface area (Å²) in [5.41, 5.74) is 0.963. The number of hydrogen-bond donors (Lipinski definition) is 0. The molecule has 0 aromatic heterocycles. The second-order valence-corrected chi connectivity index (χ2v) is 3.65. The number of benzene rings is 1. The smallest absolute Gasteiger partial charge is 0.302 e. The van der Waals surface area contributed by atoms with Crippen LogP contribution in [-0.4, -0.2) is 12.1 Å². The van der Waals surface area contributed by atoms with E-state index in [1.807, 2.05) is 13.8 Å². The van der Waals surface area contributed by atoms with Crippen molar-refractivity contribution in [3.63, 3.8) is 0 Å². The topological polar surface area (TPSA) is 26.3 Å². The van der Waals surface area contributed by atoms with Gasteiger partial charge in [-0.1, -0.05) is 19.1 Å². The van der Waals surface area contributed by atoms with Gasteiger partial charge in [0.05, 0.1) is 0 Å². The van der Waals surface area contributed by atoms with E-state index in [2.05, 4.69) is 0 Å². The lowest BCUT2D eigenvalue weighted by atomic mass is 9.96. The number of ether oxygens (including phenoxy) is 1. The zero-order chi connectivity index (χ0) is 11.4. The molecule has 0 amide bonds. The van der Waals surface area contributed by atoms with Crippen LogP contribution in [0.2, 0.25) is 0 Å². The second-order valence-electron chi connectivity index (χ2n) is 3.65. The average Bonchev–Trinajstić information content (AvgIpc) is 2.17. The fraction of sp³-hybridized carbons (Fsp3) is 0.417. The molecule has 0 N–H and O–H groups in total. The molecule has 1 aromatic rings. The van der Waals surface area contributed by atoms with Crippen LogP contribution in [0.15, 0.2) is 24.3 Å². The van der Waals surface area contributed by atoms with Crippen molar-refractivity contribution in [3.05, 3.63) is 35.6 Å². The Morgan fingerprint density at radius 1 is 1.27 bits per heavy atom. The summed E-state index contributed by atoms with van der Waals surface area (Å²) in [6.07, 6.45) is -0.201. The Morgan fingerprint density at radius 3 is 2.27 bits per heavy atom. The number of carbonyl (C=O) groups excluding carboxylic acids is 1. The van der Waals surface area contributed by atoms with Crippen LogP contribution in [0.1, 0.15) is 32.3 Å². The van der Waals surface area contributed by atoms with Gasteiger partial charge in [-0.2, -0.15) is 0 Å². The SMILES string of the molecule is CC(=O)O[C@H](C)[C@@H](C)c1ccc(F)cc1. The fourth-order valence-electron chi connectivity index (χ4n) is 1.40. The molecule has 0 radical (unpaired) electrons. The number of hydrogen-bond acceptors (Lipinski definition) is 2. The van der Waals surface area contributed by atoms with E-state index in [-0.39, 0.29) is 23.8 Å². The van der Waals surface area contributed by atoms with E-state index in [0.29, 0.717) is 0 Å². The maximum atomic E-state index is 12.7. The molecule has 0 unspecified atom stereocenters. The van der Waals surface area contributed by atoms with Crippen molar-refractivity contribution in [3.8, 4) is 0 Å². The second kappa shape index (κ2) is 4.91. The van der Waals surface area contributed by atoms with Crippen LogP contribution in [0.5, 0.6) is 0 Å². The summed E-state index contributed by atoms with van der Waals surface area (Å²) in [5.74, 6) is -0.489. The third-order valence-electron chi connectivity index (χ3n) is 2.45. The summed E-state index contributed by atoms with van der Waals surface area (Å²) in [4.78, 5) is 10.8. The normalized spacial score (nSPS) is 14.4. The maximum Gasteiger partial charge on any atom is 0.302 e. The zero-order valence-corrected chi connectivity index (χ0v) is 9.16. The third kappa shape index (κ3) is 3.35. The molecule has 0 fully saturated rings. The van der Waals surface area contributed by atoms with Crippen LogP contribution < -0.4 is 0 Å². The Balaban J connectivity index is 2.71. The van der Waals surface area contributed by atoms with Gasteiger partial charge < -0.3 is 4.74 Å². The quantitative estimate of drug-likeness (QED) is 0.717. The summed E-state index contributed by atoms with van der Waals surface area (Å²) in [5, 5.41) is 0. The van der Waals surface area contributed by atoms with Gasteiger partial charge in [-0.05, 0) is 24.6 Å². The first-order valence-electron chi connectivity index (χ1n) is 4.93. The molecule has 1 rings (SSSR count). The van der Waals surface area contributed by atoms with Crippen LogP contribution in [0.25, 0.3) is 0 Å². The highest BCUT2D eigenvalue weighted by Crippen LogP contribution is 2.21. The van der Waals surface area contributed by atoms with E-state index >= 15 is 0 Å². The number of carbonyl (C=O) groups is 1. The van der Waals surface area contributed by atoms with E-state index in [1.165, 1.54) is 19.1 Å². The van der Waals surface area contributed by atoms with E-state index in [0.717, 1.165) is 5.56 Å². The molecule has 1 aromatic carbocycles. The van der Waals surface area contributed by atoms with Gasteiger partial charge in [-0.3, -0.25) is 4.79 Å². The summed E-state index contributed by atoms with van der Waals surface area (Å²) in [7, 11) is 0. The highest BCUT2D eigenvalue weighted by Gasteiger charge is 2.16. The molecule has 0 saturated carbocycles. The molecule has 0 aliphatic heterocycles. The third-order valence-corrected chi connectivity index (χ3v) is 2.45. The Hall–Kier alpha value is -1.38. The van der Waals surface area contributed by atoms with Gasteiger partial charge in [-0.15, -0.1) is 0 Å². The van der Waals surface area contributed by atoms with Crippen molar-refractivity contribution in [2.45, 2.75) is 32.8 Å². The monoisotopic (exact) mass is 210 g/mol. The van der Waals surface area contributed by atoms with Crippen LogP contribution in [-0.2, 0) is 9.53 Å². The van der Waals surface area contributed by atoms with Gasteiger partial charge in [0, 0.05) is 12.8 Å². The van der Waals surface area contributed by atoms with Crippen molar-refractivity contribution in [1.29, 1.82) is 0 Å². The van der Waals surface area contributed by atoms with E-state index in [9.17, 15) is 9.18 Å². The number of rotatable bonds is 3. The molecular weight excluding hydrogens is 195 g/mol. The highest BCUT2D eigenvalue weighted by molar-refractivity contribution is 5.66. The lowest BCUT2D eigenvalue weighted by Gasteiger charge is -2.19. The first-order chi connectivity index (χ1) is 7.00.